The Morgan fingerprint density at radius 1 is 1.24 bits per heavy atom. The Bertz CT molecular complexity index is 565. The van der Waals surface area contributed by atoms with Gasteiger partial charge in [-0.25, -0.2) is 0 Å². The number of aliphatic hydroxyl groups is 1. The zero-order valence-electron chi connectivity index (χ0n) is 15.6. The van der Waals surface area contributed by atoms with Crippen LogP contribution in [0.1, 0.15) is 39.5 Å². The second-order valence-corrected chi connectivity index (χ2v) is 7.42. The number of ether oxygens (including phenoxy) is 3. The molecule has 2 aliphatic heterocycles. The van der Waals surface area contributed by atoms with Crippen molar-refractivity contribution in [1.29, 1.82) is 0 Å². The standard InChI is InChI=1S/C18H29N3O4/c1-12(2)14-9-13(22)11-18(25-14)5-7-21(8-6-18)15-10-16(23-3)20-17(19-15)24-4/h10,12-14,22H,5-9,11H2,1-4H3/t13-,14-/m1/s1. The summed E-state index contributed by atoms with van der Waals surface area (Å²) in [7, 11) is 3.13. The molecule has 0 amide bonds. The molecule has 0 aromatic carbocycles. The highest BCUT2D eigenvalue weighted by molar-refractivity contribution is 5.43. The SMILES string of the molecule is COc1cc(N2CCC3(CC2)C[C@H](O)C[C@H](C(C)C)O3)nc(OC)n1. The molecular formula is C18H29N3O4. The van der Waals surface area contributed by atoms with Gasteiger partial charge < -0.3 is 24.2 Å². The van der Waals surface area contributed by atoms with Gasteiger partial charge in [0.05, 0.1) is 32.0 Å². The molecule has 2 saturated heterocycles. The van der Waals surface area contributed by atoms with E-state index in [-0.39, 0.29) is 17.8 Å². The highest BCUT2D eigenvalue weighted by Gasteiger charge is 2.44. The van der Waals surface area contributed by atoms with Crippen molar-refractivity contribution in [2.45, 2.75) is 57.3 Å². The van der Waals surface area contributed by atoms with Crippen LogP contribution in [0.2, 0.25) is 0 Å². The lowest BCUT2D eigenvalue weighted by Gasteiger charge is -2.49. The number of piperidine rings is 1. The fourth-order valence-corrected chi connectivity index (χ4v) is 3.82. The van der Waals surface area contributed by atoms with Gasteiger partial charge >= 0.3 is 6.01 Å². The highest BCUT2D eigenvalue weighted by atomic mass is 16.5. The number of nitrogens with zero attached hydrogens (tertiary/aromatic N) is 3. The molecule has 0 unspecified atom stereocenters. The average Bonchev–Trinajstić information content (AvgIpc) is 2.61. The van der Waals surface area contributed by atoms with Crippen molar-refractivity contribution in [2.75, 3.05) is 32.2 Å². The molecule has 1 aromatic heterocycles. The summed E-state index contributed by atoms with van der Waals surface area (Å²) in [6, 6.07) is 2.13. The molecular weight excluding hydrogens is 322 g/mol. The van der Waals surface area contributed by atoms with Crippen LogP contribution in [0.4, 0.5) is 5.82 Å². The van der Waals surface area contributed by atoms with Crippen LogP contribution in [0.15, 0.2) is 6.07 Å². The maximum Gasteiger partial charge on any atom is 0.321 e. The lowest BCUT2D eigenvalue weighted by atomic mass is 9.80. The molecule has 1 spiro atoms. The minimum Gasteiger partial charge on any atom is -0.481 e. The first-order chi connectivity index (χ1) is 11.9. The van der Waals surface area contributed by atoms with E-state index in [0.29, 0.717) is 17.8 Å². The van der Waals surface area contributed by atoms with E-state index in [9.17, 15) is 5.11 Å². The van der Waals surface area contributed by atoms with E-state index < -0.39 is 0 Å². The number of anilines is 1. The van der Waals surface area contributed by atoms with Crippen LogP contribution in [0.25, 0.3) is 0 Å². The van der Waals surface area contributed by atoms with Crippen molar-refractivity contribution >= 4 is 5.82 Å². The number of rotatable bonds is 4. The molecule has 1 aromatic rings. The molecule has 0 saturated carbocycles. The third-order valence-corrected chi connectivity index (χ3v) is 5.32. The predicted octanol–water partition coefficient (Wildman–Crippen LogP) is 2.03. The second kappa shape index (κ2) is 7.33. The van der Waals surface area contributed by atoms with Crippen molar-refractivity contribution < 1.29 is 19.3 Å². The van der Waals surface area contributed by atoms with E-state index in [0.717, 1.165) is 44.6 Å². The summed E-state index contributed by atoms with van der Waals surface area (Å²) in [6.07, 6.45) is 3.08. The Morgan fingerprint density at radius 3 is 2.56 bits per heavy atom. The molecule has 2 fully saturated rings. The van der Waals surface area contributed by atoms with Crippen LogP contribution in [0, 0.1) is 5.92 Å². The molecule has 2 atom stereocenters. The number of hydrogen-bond donors (Lipinski definition) is 1. The highest BCUT2D eigenvalue weighted by Crippen LogP contribution is 2.40. The van der Waals surface area contributed by atoms with Crippen LogP contribution < -0.4 is 14.4 Å². The normalized spacial score (nSPS) is 26.1. The number of methoxy groups -OCH3 is 2. The molecule has 0 aliphatic carbocycles. The van der Waals surface area contributed by atoms with Crippen molar-refractivity contribution in [1.82, 2.24) is 9.97 Å². The van der Waals surface area contributed by atoms with Crippen molar-refractivity contribution in [2.24, 2.45) is 5.92 Å². The Balaban J connectivity index is 1.71. The quantitative estimate of drug-likeness (QED) is 0.889. The lowest BCUT2D eigenvalue weighted by Crippen LogP contribution is -2.53. The van der Waals surface area contributed by atoms with Gasteiger partial charge in [-0.2, -0.15) is 9.97 Å². The van der Waals surface area contributed by atoms with Gasteiger partial charge in [-0.1, -0.05) is 13.8 Å². The average molecular weight is 351 g/mol. The Morgan fingerprint density at radius 2 is 1.96 bits per heavy atom. The third kappa shape index (κ3) is 3.98. The second-order valence-electron chi connectivity index (χ2n) is 7.42. The van der Waals surface area contributed by atoms with Crippen LogP contribution >= 0.6 is 0 Å². The third-order valence-electron chi connectivity index (χ3n) is 5.32. The molecule has 25 heavy (non-hydrogen) atoms. The van der Waals surface area contributed by atoms with Crippen LogP contribution in [-0.2, 0) is 4.74 Å². The van der Waals surface area contributed by atoms with E-state index >= 15 is 0 Å². The first kappa shape index (κ1) is 18.2. The van der Waals surface area contributed by atoms with Gasteiger partial charge in [0.15, 0.2) is 0 Å². The van der Waals surface area contributed by atoms with Crippen LogP contribution in [0.5, 0.6) is 11.9 Å². The summed E-state index contributed by atoms with van der Waals surface area (Å²) in [6.45, 7) is 5.96. The zero-order valence-corrected chi connectivity index (χ0v) is 15.6. The maximum atomic E-state index is 10.3. The number of aromatic nitrogens is 2. The van der Waals surface area contributed by atoms with Crippen molar-refractivity contribution in [3.63, 3.8) is 0 Å². The molecule has 2 aliphatic rings. The molecule has 3 heterocycles. The predicted molar refractivity (Wildman–Crippen MR) is 94.3 cm³/mol. The molecule has 0 radical (unpaired) electrons. The van der Waals surface area contributed by atoms with E-state index in [4.69, 9.17) is 14.2 Å². The molecule has 140 valence electrons. The minimum atomic E-state index is -0.271. The Labute approximate surface area is 149 Å². The van der Waals surface area contributed by atoms with Gasteiger partial charge in [0.2, 0.25) is 5.88 Å². The van der Waals surface area contributed by atoms with E-state index in [2.05, 4.69) is 28.7 Å². The molecule has 7 nitrogen and oxygen atoms in total. The summed E-state index contributed by atoms with van der Waals surface area (Å²) in [5.74, 6) is 1.71. The largest absolute Gasteiger partial charge is 0.481 e. The fourth-order valence-electron chi connectivity index (χ4n) is 3.82. The van der Waals surface area contributed by atoms with Gasteiger partial charge in [-0.05, 0) is 25.2 Å². The van der Waals surface area contributed by atoms with Gasteiger partial charge in [0.25, 0.3) is 0 Å². The van der Waals surface area contributed by atoms with Gasteiger partial charge in [0.1, 0.15) is 5.82 Å². The van der Waals surface area contributed by atoms with Crippen molar-refractivity contribution in [3.05, 3.63) is 6.07 Å². The summed E-state index contributed by atoms with van der Waals surface area (Å²) in [4.78, 5) is 10.8. The smallest absolute Gasteiger partial charge is 0.321 e. The maximum absolute atomic E-state index is 10.3. The van der Waals surface area contributed by atoms with Crippen LogP contribution in [-0.4, -0.2) is 60.2 Å². The van der Waals surface area contributed by atoms with Gasteiger partial charge in [-0.15, -0.1) is 0 Å². The van der Waals surface area contributed by atoms with E-state index in [1.54, 1.807) is 14.2 Å². The van der Waals surface area contributed by atoms with E-state index in [1.807, 2.05) is 6.07 Å². The van der Waals surface area contributed by atoms with Crippen LogP contribution in [0.3, 0.4) is 0 Å². The molecule has 0 bridgehead atoms. The Kier molecular flexibility index (Phi) is 5.34. The van der Waals surface area contributed by atoms with Crippen molar-refractivity contribution in [3.8, 4) is 11.9 Å². The molecule has 3 rings (SSSR count). The Hall–Kier alpha value is -1.60. The number of aliphatic hydroxyl groups excluding tert-OH is 1. The monoisotopic (exact) mass is 351 g/mol. The first-order valence-electron chi connectivity index (χ1n) is 9.02. The molecule has 1 N–H and O–H groups in total. The number of hydrogen-bond acceptors (Lipinski definition) is 7. The van der Waals surface area contributed by atoms with Gasteiger partial charge in [0, 0.05) is 25.6 Å². The topological polar surface area (TPSA) is 76.9 Å². The minimum absolute atomic E-state index is 0.134. The zero-order chi connectivity index (χ0) is 18.0. The lowest BCUT2D eigenvalue weighted by molar-refractivity contribution is -0.183. The summed E-state index contributed by atoms with van der Waals surface area (Å²) in [5.41, 5.74) is -0.218. The summed E-state index contributed by atoms with van der Waals surface area (Å²) in [5, 5.41) is 10.3. The summed E-state index contributed by atoms with van der Waals surface area (Å²) < 4.78 is 16.9. The first-order valence-corrected chi connectivity index (χ1v) is 9.02. The molecule has 7 heteroatoms. The summed E-state index contributed by atoms with van der Waals surface area (Å²) >= 11 is 0. The van der Waals surface area contributed by atoms with E-state index in [1.165, 1.54) is 0 Å². The fraction of sp³-hybridized carbons (Fsp3) is 0.778. The van der Waals surface area contributed by atoms with Gasteiger partial charge in [-0.3, -0.25) is 0 Å².